The van der Waals surface area contributed by atoms with Crippen LogP contribution in [0.2, 0.25) is 0 Å². The molecule has 1 unspecified atom stereocenters. The molecule has 5 rings (SSSR count). The number of nitrogens with zero attached hydrogens (tertiary/aromatic N) is 3. The van der Waals surface area contributed by atoms with Gasteiger partial charge in [0.2, 0.25) is 5.54 Å². The number of fused-ring (bicyclic) bond motifs is 1. The summed E-state index contributed by atoms with van der Waals surface area (Å²) in [5.41, 5.74) is 1.64. The van der Waals surface area contributed by atoms with Crippen LogP contribution in [0.15, 0.2) is 57.5 Å². The van der Waals surface area contributed by atoms with E-state index in [0.29, 0.717) is 29.8 Å². The molecule has 2 heterocycles. The minimum atomic E-state index is -1.20. The van der Waals surface area contributed by atoms with Crippen LogP contribution in [0, 0.1) is 10.1 Å². The van der Waals surface area contributed by atoms with E-state index in [1.54, 1.807) is 19.2 Å². The summed E-state index contributed by atoms with van der Waals surface area (Å²) in [6.07, 6.45) is 5.47. The lowest BCUT2D eigenvalue weighted by Gasteiger charge is -2.19. The largest absolute Gasteiger partial charge is 0.514 e. The van der Waals surface area contributed by atoms with E-state index in [1.807, 2.05) is 12.1 Å². The van der Waals surface area contributed by atoms with Gasteiger partial charge >= 0.3 is 11.9 Å². The monoisotopic (exact) mass is 495 g/mol. The molecule has 36 heavy (non-hydrogen) atoms. The number of hydrogen-bond donors (Lipinski definition) is 2. The third-order valence-corrected chi connectivity index (χ3v) is 6.69. The Bertz CT molecular complexity index is 1450. The lowest BCUT2D eigenvalue weighted by Crippen LogP contribution is -2.33. The van der Waals surface area contributed by atoms with Crippen molar-refractivity contribution in [3.05, 3.63) is 74.6 Å². The first-order valence-electron chi connectivity index (χ1n) is 11.5. The molecule has 2 aromatic heterocycles. The number of oxazole rings is 1. The maximum Gasteiger partial charge on any atom is 0.514 e. The first kappa shape index (κ1) is 23.4. The van der Waals surface area contributed by atoms with Crippen molar-refractivity contribution in [1.29, 1.82) is 0 Å². The minimum Gasteiger partial charge on any atom is -0.431 e. The molecule has 188 valence electrons. The number of carbonyl (C=O) groups is 1. The zero-order valence-corrected chi connectivity index (χ0v) is 19.7. The van der Waals surface area contributed by atoms with Gasteiger partial charge in [0.1, 0.15) is 11.9 Å². The highest BCUT2D eigenvalue weighted by molar-refractivity contribution is 5.78. The van der Waals surface area contributed by atoms with Crippen LogP contribution >= 0.6 is 0 Å². The van der Waals surface area contributed by atoms with Crippen molar-refractivity contribution in [2.24, 2.45) is 7.05 Å². The molecule has 0 radical (unpaired) electrons. The molecule has 0 aliphatic heterocycles. The molecule has 0 bridgehead atoms. The lowest BCUT2D eigenvalue weighted by molar-refractivity contribution is -0.549. The van der Waals surface area contributed by atoms with E-state index < -0.39 is 17.5 Å². The summed E-state index contributed by atoms with van der Waals surface area (Å²) < 4.78 is 17.3. The van der Waals surface area contributed by atoms with E-state index in [9.17, 15) is 19.7 Å². The fourth-order valence-corrected chi connectivity index (χ4v) is 4.47. The molecule has 12 nitrogen and oxygen atoms in total. The predicted octanol–water partition coefficient (Wildman–Crippen LogP) is 4.27. The molecule has 12 heteroatoms. The normalized spacial score (nSPS) is 23.4. The Kier molecular flexibility index (Phi) is 5.86. The average Bonchev–Trinajstić information content (AvgIpc) is 3.55. The number of aromatic nitrogens is 3. The molecule has 2 aliphatic rings. The van der Waals surface area contributed by atoms with E-state index in [4.69, 9.17) is 13.9 Å². The fraction of sp³-hybridized carbons (Fsp3) is 0.375. The number of nitrogens with one attached hydrogen (secondary N) is 2. The van der Waals surface area contributed by atoms with E-state index in [2.05, 4.69) is 15.5 Å². The Morgan fingerprint density at radius 2 is 2.19 bits per heavy atom. The average molecular weight is 495 g/mol. The number of benzene rings is 1. The maximum absolute atomic E-state index is 12.2. The molecule has 2 N–H and O–H groups in total. The first-order chi connectivity index (χ1) is 17.2. The van der Waals surface area contributed by atoms with Gasteiger partial charge in [-0.1, -0.05) is 0 Å². The summed E-state index contributed by atoms with van der Waals surface area (Å²) in [4.78, 5) is 34.6. The zero-order valence-electron chi connectivity index (χ0n) is 19.7. The topological polar surface area (TPSA) is 155 Å². The molecule has 0 spiro atoms. The van der Waals surface area contributed by atoms with Crippen molar-refractivity contribution in [2.75, 3.05) is 5.32 Å². The number of hydrogen-bond acceptors (Lipinski definition) is 9. The number of aromatic amines is 1. The van der Waals surface area contributed by atoms with Crippen LogP contribution in [0.25, 0.3) is 11.1 Å². The van der Waals surface area contributed by atoms with Crippen LogP contribution in [0.5, 0.6) is 0 Å². The maximum atomic E-state index is 12.2. The van der Waals surface area contributed by atoms with Crippen LogP contribution in [0.1, 0.15) is 44.2 Å². The Hall–Kier alpha value is -4.35. The van der Waals surface area contributed by atoms with E-state index in [1.165, 1.54) is 29.7 Å². The van der Waals surface area contributed by atoms with Crippen molar-refractivity contribution in [1.82, 2.24) is 14.8 Å². The molecule has 0 saturated heterocycles. The number of aryl methyl sites for hydroxylation is 1. The van der Waals surface area contributed by atoms with E-state index >= 15 is 0 Å². The molecule has 3 atom stereocenters. The summed E-state index contributed by atoms with van der Waals surface area (Å²) in [6, 6.07) is 7.28. The highest BCUT2D eigenvalue weighted by atomic mass is 16.7. The summed E-state index contributed by atoms with van der Waals surface area (Å²) in [5.74, 6) is 0.571. The number of anilines is 2. The second kappa shape index (κ2) is 9.02. The summed E-state index contributed by atoms with van der Waals surface area (Å²) in [5, 5.41) is 21.7. The Morgan fingerprint density at radius 3 is 2.94 bits per heavy atom. The van der Waals surface area contributed by atoms with Crippen molar-refractivity contribution in [3.63, 3.8) is 0 Å². The number of carbonyl (C=O) groups excluding carboxylic acids is 1. The summed E-state index contributed by atoms with van der Waals surface area (Å²) in [6.45, 7) is 1.51. The summed E-state index contributed by atoms with van der Waals surface area (Å²) >= 11 is 0. The molecular weight excluding hydrogens is 470 g/mol. The Morgan fingerprint density at radius 1 is 1.36 bits per heavy atom. The van der Waals surface area contributed by atoms with E-state index in [0.717, 1.165) is 17.8 Å². The number of ether oxygens (including phenoxy) is 2. The van der Waals surface area contributed by atoms with Gasteiger partial charge in [0.05, 0.1) is 5.52 Å². The molecule has 1 fully saturated rings. The molecule has 3 aromatic rings. The lowest BCUT2D eigenvalue weighted by atomic mass is 9.94. The second-order valence-corrected chi connectivity index (χ2v) is 9.30. The van der Waals surface area contributed by atoms with Crippen molar-refractivity contribution in [3.8, 4) is 0 Å². The third-order valence-electron chi connectivity index (χ3n) is 6.69. The van der Waals surface area contributed by atoms with Gasteiger partial charge in [-0.15, -0.1) is 0 Å². The van der Waals surface area contributed by atoms with Gasteiger partial charge in [0.25, 0.3) is 0 Å². The van der Waals surface area contributed by atoms with Gasteiger partial charge in [-0.3, -0.25) is 19.8 Å². The van der Waals surface area contributed by atoms with Gasteiger partial charge in [-0.2, -0.15) is 5.10 Å². The van der Waals surface area contributed by atoms with Gasteiger partial charge in [0, 0.05) is 54.7 Å². The number of allylic oxidation sites excluding steroid dienone is 1. The smallest absolute Gasteiger partial charge is 0.431 e. The quantitative estimate of drug-likeness (QED) is 0.290. The van der Waals surface area contributed by atoms with Gasteiger partial charge in [0.15, 0.2) is 11.4 Å². The fourth-order valence-electron chi connectivity index (χ4n) is 4.47. The van der Waals surface area contributed by atoms with Crippen LogP contribution < -0.4 is 11.1 Å². The highest BCUT2D eigenvalue weighted by Crippen LogP contribution is 2.36. The van der Waals surface area contributed by atoms with E-state index in [-0.39, 0.29) is 29.1 Å². The van der Waals surface area contributed by atoms with Gasteiger partial charge in [-0.25, -0.2) is 9.59 Å². The van der Waals surface area contributed by atoms with Crippen LogP contribution in [0.4, 0.5) is 16.3 Å². The van der Waals surface area contributed by atoms with Crippen molar-refractivity contribution < 1.29 is 23.6 Å². The van der Waals surface area contributed by atoms with Crippen LogP contribution in [-0.4, -0.2) is 37.5 Å². The Balaban J connectivity index is 1.14. The SMILES string of the molecule is Cn1c(=O)oc2cc(Nc3cc([C@H]4CC[C@@H](OC(=O)OC5=CCC(C)([N+](=O)[O-])C=C5)C4)[nH]n3)ccc21. The molecule has 2 aliphatic carbocycles. The molecule has 0 amide bonds. The molecule has 1 saturated carbocycles. The molecule has 1 aromatic carbocycles. The van der Waals surface area contributed by atoms with Crippen molar-refractivity contribution in [2.45, 2.75) is 50.2 Å². The minimum absolute atomic E-state index is 0.133. The standard InChI is InChI=1S/C24H25N5O7/c1-24(29(32)33)9-7-16(8-10-24)34-23(31)35-17-5-3-14(11-17)18-13-21(27-26-18)25-15-4-6-19-20(12-15)36-22(30)28(19)2/h4,6-9,12-14,17H,3,5,10-11H2,1-2H3,(H2,25,26,27)/t14-,17+,24?/m0/s1. The Labute approximate surface area is 204 Å². The van der Waals surface area contributed by atoms with Gasteiger partial charge < -0.3 is 19.2 Å². The number of H-pyrrole nitrogens is 1. The van der Waals surface area contributed by atoms with Crippen LogP contribution in [-0.2, 0) is 16.5 Å². The first-order valence-corrected chi connectivity index (χ1v) is 11.5. The predicted molar refractivity (Wildman–Crippen MR) is 129 cm³/mol. The van der Waals surface area contributed by atoms with Gasteiger partial charge in [-0.05, 0) is 49.6 Å². The second-order valence-electron chi connectivity index (χ2n) is 9.30. The third kappa shape index (κ3) is 4.61. The van der Waals surface area contributed by atoms with Crippen molar-refractivity contribution >= 4 is 28.8 Å². The number of nitro groups is 1. The highest BCUT2D eigenvalue weighted by Gasteiger charge is 2.36. The molecular formula is C24H25N5O7. The summed E-state index contributed by atoms with van der Waals surface area (Å²) in [7, 11) is 1.65. The number of rotatable bonds is 6. The van der Waals surface area contributed by atoms with Crippen LogP contribution in [0.3, 0.4) is 0 Å². The zero-order chi connectivity index (χ0) is 25.4.